The van der Waals surface area contributed by atoms with Crippen LogP contribution in [0.2, 0.25) is 0 Å². The predicted octanol–water partition coefficient (Wildman–Crippen LogP) is 4.16. The van der Waals surface area contributed by atoms with E-state index in [4.69, 9.17) is 9.47 Å². The van der Waals surface area contributed by atoms with Crippen molar-refractivity contribution in [1.29, 1.82) is 0 Å². The number of para-hydroxylation sites is 2. The van der Waals surface area contributed by atoms with Crippen molar-refractivity contribution in [2.45, 2.75) is 32.2 Å². The Kier molecular flexibility index (Phi) is 5.94. The monoisotopic (exact) mass is 339 g/mol. The van der Waals surface area contributed by atoms with Gasteiger partial charge in [-0.25, -0.2) is 0 Å². The lowest BCUT2D eigenvalue weighted by Gasteiger charge is -2.33. The largest absolute Gasteiger partial charge is 0.490 e. The fraction of sp³-hybridized carbons (Fsp3) is 0.381. The van der Waals surface area contributed by atoms with Crippen LogP contribution in [0.5, 0.6) is 11.5 Å². The van der Waals surface area contributed by atoms with E-state index < -0.39 is 0 Å². The van der Waals surface area contributed by atoms with E-state index in [9.17, 15) is 4.79 Å². The standard InChI is InChI=1S/C21H25NO3/c1-17-9-7-8-14-22(17)21(23)19-12-5-6-13-20(19)25-16-15-24-18-10-3-2-4-11-18/h2-6,10-13,17H,7-9,14-16H2,1H3. The van der Waals surface area contributed by atoms with E-state index >= 15 is 0 Å². The molecule has 1 saturated heterocycles. The summed E-state index contributed by atoms with van der Waals surface area (Å²) in [6, 6.07) is 17.4. The molecule has 1 aliphatic rings. The van der Waals surface area contributed by atoms with Gasteiger partial charge in [0.1, 0.15) is 24.7 Å². The number of amides is 1. The summed E-state index contributed by atoms with van der Waals surface area (Å²) in [6.07, 6.45) is 3.34. The Morgan fingerprint density at radius 1 is 1.00 bits per heavy atom. The Balaban J connectivity index is 1.59. The molecule has 2 aromatic carbocycles. The number of rotatable bonds is 6. The van der Waals surface area contributed by atoms with Gasteiger partial charge in [0.25, 0.3) is 5.91 Å². The molecule has 0 aliphatic carbocycles. The summed E-state index contributed by atoms with van der Waals surface area (Å²) in [4.78, 5) is 14.9. The Morgan fingerprint density at radius 3 is 2.52 bits per heavy atom. The maximum absolute atomic E-state index is 12.9. The third kappa shape index (κ3) is 4.53. The van der Waals surface area contributed by atoms with E-state index in [0.717, 1.165) is 25.1 Å². The van der Waals surface area contributed by atoms with Crippen molar-refractivity contribution in [3.8, 4) is 11.5 Å². The highest BCUT2D eigenvalue weighted by molar-refractivity contribution is 5.97. The molecule has 0 radical (unpaired) electrons. The quantitative estimate of drug-likeness (QED) is 0.742. The molecular weight excluding hydrogens is 314 g/mol. The topological polar surface area (TPSA) is 38.8 Å². The first-order chi connectivity index (χ1) is 12.3. The molecule has 25 heavy (non-hydrogen) atoms. The summed E-state index contributed by atoms with van der Waals surface area (Å²) in [7, 11) is 0. The predicted molar refractivity (Wildman–Crippen MR) is 98.2 cm³/mol. The second-order valence-electron chi connectivity index (χ2n) is 6.35. The molecule has 2 aromatic rings. The van der Waals surface area contributed by atoms with Gasteiger partial charge < -0.3 is 14.4 Å². The maximum Gasteiger partial charge on any atom is 0.257 e. The van der Waals surface area contributed by atoms with Gasteiger partial charge in [-0.2, -0.15) is 0 Å². The molecule has 1 unspecified atom stereocenters. The van der Waals surface area contributed by atoms with Crippen LogP contribution < -0.4 is 9.47 Å². The Hall–Kier alpha value is -2.49. The summed E-state index contributed by atoms with van der Waals surface area (Å²) in [5.74, 6) is 1.51. The van der Waals surface area contributed by atoms with Crippen molar-refractivity contribution in [3.05, 3.63) is 60.2 Å². The zero-order valence-corrected chi connectivity index (χ0v) is 14.7. The minimum atomic E-state index is 0.0618. The zero-order valence-electron chi connectivity index (χ0n) is 14.7. The number of carbonyl (C=O) groups is 1. The summed E-state index contributed by atoms with van der Waals surface area (Å²) in [5.41, 5.74) is 0.635. The molecule has 1 aliphatic heterocycles. The van der Waals surface area contributed by atoms with E-state index in [2.05, 4.69) is 6.92 Å². The number of piperidine rings is 1. The molecule has 4 nitrogen and oxygen atoms in total. The number of ether oxygens (including phenoxy) is 2. The summed E-state index contributed by atoms with van der Waals surface area (Å²) < 4.78 is 11.5. The number of benzene rings is 2. The van der Waals surface area contributed by atoms with Crippen LogP contribution in [0.1, 0.15) is 36.5 Å². The number of hydrogen-bond acceptors (Lipinski definition) is 3. The SMILES string of the molecule is CC1CCCCN1C(=O)c1ccccc1OCCOc1ccccc1. The molecule has 0 bridgehead atoms. The van der Waals surface area contributed by atoms with Gasteiger partial charge in [-0.05, 0) is 50.5 Å². The van der Waals surface area contributed by atoms with Gasteiger partial charge in [-0.3, -0.25) is 4.79 Å². The minimum absolute atomic E-state index is 0.0618. The van der Waals surface area contributed by atoms with Gasteiger partial charge >= 0.3 is 0 Å². The first-order valence-electron chi connectivity index (χ1n) is 8.96. The van der Waals surface area contributed by atoms with Crippen molar-refractivity contribution >= 4 is 5.91 Å². The van der Waals surface area contributed by atoms with Crippen molar-refractivity contribution in [2.75, 3.05) is 19.8 Å². The van der Waals surface area contributed by atoms with Crippen LogP contribution in [-0.2, 0) is 0 Å². The number of likely N-dealkylation sites (tertiary alicyclic amines) is 1. The van der Waals surface area contributed by atoms with Crippen LogP contribution in [0.25, 0.3) is 0 Å². The highest BCUT2D eigenvalue weighted by atomic mass is 16.5. The van der Waals surface area contributed by atoms with E-state index in [1.54, 1.807) is 0 Å². The second-order valence-corrected chi connectivity index (χ2v) is 6.35. The van der Waals surface area contributed by atoms with Gasteiger partial charge in [0.15, 0.2) is 0 Å². The highest BCUT2D eigenvalue weighted by Gasteiger charge is 2.26. The molecule has 3 rings (SSSR count). The summed E-state index contributed by atoms with van der Waals surface area (Å²) >= 11 is 0. The molecule has 1 fully saturated rings. The Morgan fingerprint density at radius 2 is 1.72 bits per heavy atom. The van der Waals surface area contributed by atoms with Crippen LogP contribution in [-0.4, -0.2) is 36.6 Å². The normalized spacial score (nSPS) is 17.2. The highest BCUT2D eigenvalue weighted by Crippen LogP contribution is 2.24. The molecule has 0 N–H and O–H groups in total. The number of carbonyl (C=O) groups excluding carboxylic acids is 1. The van der Waals surface area contributed by atoms with Crippen LogP contribution in [0.4, 0.5) is 0 Å². The molecule has 4 heteroatoms. The third-order valence-electron chi connectivity index (χ3n) is 4.53. The lowest BCUT2D eigenvalue weighted by atomic mass is 10.0. The lowest BCUT2D eigenvalue weighted by molar-refractivity contribution is 0.0630. The van der Waals surface area contributed by atoms with E-state index in [1.807, 2.05) is 59.5 Å². The molecule has 0 aromatic heterocycles. The average Bonchev–Trinajstić information content (AvgIpc) is 2.66. The molecule has 132 valence electrons. The first-order valence-corrected chi connectivity index (χ1v) is 8.96. The van der Waals surface area contributed by atoms with Crippen LogP contribution >= 0.6 is 0 Å². The van der Waals surface area contributed by atoms with E-state index in [-0.39, 0.29) is 11.9 Å². The molecule has 1 atom stereocenters. The third-order valence-corrected chi connectivity index (χ3v) is 4.53. The fourth-order valence-electron chi connectivity index (χ4n) is 3.15. The van der Waals surface area contributed by atoms with E-state index in [1.165, 1.54) is 6.42 Å². The van der Waals surface area contributed by atoms with Crippen molar-refractivity contribution in [3.63, 3.8) is 0 Å². The molecule has 0 spiro atoms. The Labute approximate surface area is 149 Å². The second kappa shape index (κ2) is 8.56. The van der Waals surface area contributed by atoms with Crippen molar-refractivity contribution in [2.24, 2.45) is 0 Å². The van der Waals surface area contributed by atoms with Gasteiger partial charge in [-0.15, -0.1) is 0 Å². The molecule has 0 saturated carbocycles. The summed E-state index contributed by atoms with van der Waals surface area (Å²) in [5, 5.41) is 0. The number of nitrogens with zero attached hydrogens (tertiary/aromatic N) is 1. The van der Waals surface area contributed by atoms with Gasteiger partial charge in [0, 0.05) is 12.6 Å². The van der Waals surface area contributed by atoms with Crippen molar-refractivity contribution in [1.82, 2.24) is 4.90 Å². The van der Waals surface area contributed by atoms with Gasteiger partial charge in [0.05, 0.1) is 5.56 Å². The lowest BCUT2D eigenvalue weighted by Crippen LogP contribution is -2.42. The molecule has 1 heterocycles. The number of hydrogen-bond donors (Lipinski definition) is 0. The van der Waals surface area contributed by atoms with Crippen molar-refractivity contribution < 1.29 is 14.3 Å². The van der Waals surface area contributed by atoms with Gasteiger partial charge in [-0.1, -0.05) is 30.3 Å². The van der Waals surface area contributed by atoms with Crippen LogP contribution in [0, 0.1) is 0 Å². The zero-order chi connectivity index (χ0) is 17.5. The Bertz CT molecular complexity index is 687. The van der Waals surface area contributed by atoms with Gasteiger partial charge in [0.2, 0.25) is 0 Å². The van der Waals surface area contributed by atoms with Crippen LogP contribution in [0.3, 0.4) is 0 Å². The maximum atomic E-state index is 12.9. The average molecular weight is 339 g/mol. The first kappa shape index (κ1) is 17.3. The molecule has 1 amide bonds. The summed E-state index contributed by atoms with van der Waals surface area (Å²) in [6.45, 7) is 3.78. The molecular formula is C21H25NO3. The van der Waals surface area contributed by atoms with E-state index in [0.29, 0.717) is 24.5 Å². The van der Waals surface area contributed by atoms with Crippen LogP contribution in [0.15, 0.2) is 54.6 Å². The fourth-order valence-corrected chi connectivity index (χ4v) is 3.15. The minimum Gasteiger partial charge on any atom is -0.490 e. The smallest absolute Gasteiger partial charge is 0.257 e.